The topological polar surface area (TPSA) is 78.6 Å². The number of carbonyl (C=O) groups excluding carboxylic acids is 2. The number of Topliss-reactive ketones (excluding diaryl/α,β-unsaturated/α-hetero) is 1. The fourth-order valence-electron chi connectivity index (χ4n) is 3.57. The van der Waals surface area contributed by atoms with E-state index >= 15 is 0 Å². The Kier molecular flexibility index (Phi) is 4.41. The van der Waals surface area contributed by atoms with Crippen molar-refractivity contribution in [2.45, 2.75) is 39.5 Å². The lowest BCUT2D eigenvalue weighted by Gasteiger charge is -2.37. The van der Waals surface area contributed by atoms with Crippen molar-refractivity contribution in [3.63, 3.8) is 0 Å². The Labute approximate surface area is 147 Å². The first-order chi connectivity index (χ1) is 11.8. The van der Waals surface area contributed by atoms with Crippen LogP contribution in [0.4, 0.5) is 0 Å². The summed E-state index contributed by atoms with van der Waals surface area (Å²) in [6, 6.07) is 9.42. The maximum atomic E-state index is 12.9. The molecule has 0 saturated carbocycles. The van der Waals surface area contributed by atoms with Crippen LogP contribution in [0.2, 0.25) is 0 Å². The van der Waals surface area contributed by atoms with Gasteiger partial charge in [0.05, 0.1) is 12.5 Å². The second kappa shape index (κ2) is 6.39. The lowest BCUT2D eigenvalue weighted by Crippen LogP contribution is -2.35. The Balaban J connectivity index is 2.16. The third-order valence-electron chi connectivity index (χ3n) is 4.58. The van der Waals surface area contributed by atoms with Gasteiger partial charge in [-0.3, -0.25) is 4.79 Å². The highest BCUT2D eigenvalue weighted by molar-refractivity contribution is 6.03. The molecule has 0 spiro atoms. The molecule has 0 amide bonds. The van der Waals surface area contributed by atoms with Gasteiger partial charge in [-0.15, -0.1) is 0 Å². The number of carbonyl (C=O) groups is 2. The van der Waals surface area contributed by atoms with Gasteiger partial charge in [0.2, 0.25) is 5.88 Å². The standard InChI is InChI=1S/C20H23NO4/c1-4-24-19(23)17-15(12-8-6-5-7-9-12)16-13(22)10-20(2,3)11-14(16)25-18(17)21/h5-9,15H,4,10-11,21H2,1-3H3. The average molecular weight is 341 g/mol. The maximum absolute atomic E-state index is 12.9. The summed E-state index contributed by atoms with van der Waals surface area (Å²) in [5.74, 6) is -0.503. The first-order valence-corrected chi connectivity index (χ1v) is 8.50. The summed E-state index contributed by atoms with van der Waals surface area (Å²) in [7, 11) is 0. The summed E-state index contributed by atoms with van der Waals surface area (Å²) in [6.07, 6.45) is 1.02. The van der Waals surface area contributed by atoms with Gasteiger partial charge in [-0.25, -0.2) is 4.79 Å². The Morgan fingerprint density at radius 1 is 1.28 bits per heavy atom. The summed E-state index contributed by atoms with van der Waals surface area (Å²) >= 11 is 0. The number of nitrogens with two attached hydrogens (primary N) is 1. The minimum atomic E-state index is -0.549. The van der Waals surface area contributed by atoms with E-state index in [1.54, 1.807) is 6.92 Å². The Morgan fingerprint density at radius 3 is 2.60 bits per heavy atom. The molecule has 2 aliphatic rings. The van der Waals surface area contributed by atoms with Crippen molar-refractivity contribution in [3.8, 4) is 0 Å². The highest BCUT2D eigenvalue weighted by Gasteiger charge is 2.44. The summed E-state index contributed by atoms with van der Waals surface area (Å²) in [5.41, 5.74) is 7.46. The van der Waals surface area contributed by atoms with Crippen molar-refractivity contribution in [1.82, 2.24) is 0 Å². The lowest BCUT2D eigenvalue weighted by atomic mass is 9.70. The van der Waals surface area contributed by atoms with Crippen LogP contribution >= 0.6 is 0 Å². The fourth-order valence-corrected chi connectivity index (χ4v) is 3.57. The number of allylic oxidation sites excluding steroid dienone is 2. The number of ketones is 1. The third-order valence-corrected chi connectivity index (χ3v) is 4.58. The van der Waals surface area contributed by atoms with Gasteiger partial charge in [-0.1, -0.05) is 44.2 Å². The molecule has 5 heteroatoms. The molecular weight excluding hydrogens is 318 g/mol. The van der Waals surface area contributed by atoms with Crippen molar-refractivity contribution in [2.24, 2.45) is 11.1 Å². The monoisotopic (exact) mass is 341 g/mol. The SMILES string of the molecule is CCOC(=O)C1=C(N)OC2=C(C(=O)CC(C)(C)C2)C1c1ccccc1. The van der Waals surface area contributed by atoms with Gasteiger partial charge in [-0.2, -0.15) is 0 Å². The highest BCUT2D eigenvalue weighted by Crippen LogP contribution is 2.48. The van der Waals surface area contributed by atoms with Crippen LogP contribution < -0.4 is 5.73 Å². The molecule has 132 valence electrons. The minimum absolute atomic E-state index is 0.00518. The molecule has 1 aliphatic heterocycles. The molecule has 0 radical (unpaired) electrons. The number of benzene rings is 1. The molecule has 25 heavy (non-hydrogen) atoms. The van der Waals surface area contributed by atoms with E-state index in [2.05, 4.69) is 0 Å². The molecule has 0 bridgehead atoms. The molecule has 1 aromatic carbocycles. The van der Waals surface area contributed by atoms with Crippen LogP contribution in [0.1, 0.15) is 45.1 Å². The van der Waals surface area contributed by atoms with Gasteiger partial charge in [0.15, 0.2) is 5.78 Å². The van der Waals surface area contributed by atoms with E-state index in [1.807, 2.05) is 44.2 Å². The highest BCUT2D eigenvalue weighted by atomic mass is 16.5. The molecule has 0 aromatic heterocycles. The van der Waals surface area contributed by atoms with Gasteiger partial charge in [-0.05, 0) is 17.9 Å². The lowest BCUT2D eigenvalue weighted by molar-refractivity contribution is -0.139. The van der Waals surface area contributed by atoms with Crippen LogP contribution in [-0.4, -0.2) is 18.4 Å². The predicted octanol–water partition coefficient (Wildman–Crippen LogP) is 3.18. The summed E-state index contributed by atoms with van der Waals surface area (Å²) < 4.78 is 10.9. The molecule has 1 atom stereocenters. The van der Waals surface area contributed by atoms with Crippen molar-refractivity contribution in [3.05, 3.63) is 58.7 Å². The smallest absolute Gasteiger partial charge is 0.340 e. The summed E-state index contributed by atoms with van der Waals surface area (Å²) in [5, 5.41) is 0. The zero-order valence-corrected chi connectivity index (χ0v) is 14.8. The number of ether oxygens (including phenoxy) is 2. The van der Waals surface area contributed by atoms with Crippen LogP contribution in [0, 0.1) is 5.41 Å². The minimum Gasteiger partial charge on any atom is -0.462 e. The Morgan fingerprint density at radius 2 is 1.96 bits per heavy atom. The number of hydrogen-bond acceptors (Lipinski definition) is 5. The van der Waals surface area contributed by atoms with Crippen LogP contribution in [0.15, 0.2) is 53.1 Å². The predicted molar refractivity (Wildman–Crippen MR) is 93.2 cm³/mol. The quantitative estimate of drug-likeness (QED) is 0.854. The van der Waals surface area contributed by atoms with Crippen LogP contribution in [0.3, 0.4) is 0 Å². The third kappa shape index (κ3) is 3.18. The number of hydrogen-bond donors (Lipinski definition) is 1. The second-order valence-corrected chi connectivity index (χ2v) is 7.22. The van der Waals surface area contributed by atoms with E-state index in [-0.39, 0.29) is 29.3 Å². The zero-order valence-electron chi connectivity index (χ0n) is 14.8. The first kappa shape index (κ1) is 17.3. The maximum Gasteiger partial charge on any atom is 0.340 e. The number of esters is 1. The van der Waals surface area contributed by atoms with Gasteiger partial charge in [0, 0.05) is 18.4 Å². The number of rotatable bonds is 3. The van der Waals surface area contributed by atoms with Gasteiger partial charge >= 0.3 is 5.97 Å². The molecule has 3 rings (SSSR count). The van der Waals surface area contributed by atoms with E-state index in [9.17, 15) is 9.59 Å². The van der Waals surface area contributed by atoms with Crippen molar-refractivity contribution in [1.29, 1.82) is 0 Å². The van der Waals surface area contributed by atoms with Crippen LogP contribution in [0.5, 0.6) is 0 Å². The van der Waals surface area contributed by atoms with E-state index in [0.717, 1.165) is 5.56 Å². The van der Waals surface area contributed by atoms with Crippen molar-refractivity contribution < 1.29 is 19.1 Å². The first-order valence-electron chi connectivity index (χ1n) is 8.50. The van der Waals surface area contributed by atoms with Crippen LogP contribution in [0.25, 0.3) is 0 Å². The molecule has 1 aliphatic carbocycles. The van der Waals surface area contributed by atoms with Gasteiger partial charge in [0.1, 0.15) is 11.3 Å². The average Bonchev–Trinajstić information content (AvgIpc) is 2.53. The Hall–Kier alpha value is -2.56. The van der Waals surface area contributed by atoms with E-state index in [4.69, 9.17) is 15.2 Å². The van der Waals surface area contributed by atoms with Gasteiger partial charge < -0.3 is 15.2 Å². The molecule has 0 saturated heterocycles. The molecule has 5 nitrogen and oxygen atoms in total. The molecule has 2 N–H and O–H groups in total. The summed E-state index contributed by atoms with van der Waals surface area (Å²) in [4.78, 5) is 25.4. The van der Waals surface area contributed by atoms with Gasteiger partial charge in [0.25, 0.3) is 0 Å². The fraction of sp³-hybridized carbons (Fsp3) is 0.400. The molecule has 1 unspecified atom stereocenters. The largest absolute Gasteiger partial charge is 0.462 e. The van der Waals surface area contributed by atoms with Crippen LogP contribution in [-0.2, 0) is 19.1 Å². The second-order valence-electron chi connectivity index (χ2n) is 7.22. The van der Waals surface area contributed by atoms with E-state index in [1.165, 1.54) is 0 Å². The van der Waals surface area contributed by atoms with E-state index in [0.29, 0.717) is 24.2 Å². The molecule has 1 heterocycles. The van der Waals surface area contributed by atoms with E-state index < -0.39 is 11.9 Å². The molecular formula is C20H23NO4. The summed E-state index contributed by atoms with van der Waals surface area (Å²) in [6.45, 7) is 6.01. The van der Waals surface area contributed by atoms with Crippen molar-refractivity contribution in [2.75, 3.05) is 6.61 Å². The molecule has 1 aromatic rings. The van der Waals surface area contributed by atoms with Crippen molar-refractivity contribution >= 4 is 11.8 Å². The molecule has 0 fully saturated rings. The zero-order chi connectivity index (χ0) is 18.2. The normalized spacial score (nSPS) is 22.4. The Bertz CT molecular complexity index is 774.